The van der Waals surface area contributed by atoms with Crippen LogP contribution in [0.3, 0.4) is 0 Å². The van der Waals surface area contributed by atoms with Crippen LogP contribution in [0.4, 0.5) is 0 Å². The van der Waals surface area contributed by atoms with Crippen LogP contribution in [0.1, 0.15) is 37.8 Å². The Bertz CT molecular complexity index is 1080. The van der Waals surface area contributed by atoms with Gasteiger partial charge in [0.05, 0.1) is 62.9 Å². The zero-order valence-electron chi connectivity index (χ0n) is 25.0. The summed E-state index contributed by atoms with van der Waals surface area (Å²) in [5, 5.41) is 48.1. The maximum Gasteiger partial charge on any atom is 0.252 e. The SMILES string of the molecule is CC(O)[C@@H]1CC(NC(=O)[C@H](OCc2ccccc2)[C@H](O)[C@@H](O)[C@@H](OCc2ccccc2)C(=O)N[C@@H]2CO[C@H](C(C)O)C2)CO1. The van der Waals surface area contributed by atoms with E-state index < -0.39 is 72.7 Å². The van der Waals surface area contributed by atoms with Gasteiger partial charge in [0.15, 0.2) is 12.2 Å². The van der Waals surface area contributed by atoms with Crippen molar-refractivity contribution in [1.82, 2.24) is 10.6 Å². The van der Waals surface area contributed by atoms with Gasteiger partial charge in [-0.15, -0.1) is 0 Å². The van der Waals surface area contributed by atoms with Gasteiger partial charge in [-0.2, -0.15) is 0 Å². The number of aliphatic hydroxyl groups excluding tert-OH is 4. The smallest absolute Gasteiger partial charge is 0.252 e. The maximum atomic E-state index is 13.5. The van der Waals surface area contributed by atoms with Crippen LogP contribution in [-0.4, -0.2) is 106 Å². The Labute approximate surface area is 257 Å². The van der Waals surface area contributed by atoms with Gasteiger partial charge in [0.2, 0.25) is 0 Å². The van der Waals surface area contributed by atoms with Crippen molar-refractivity contribution in [2.45, 2.75) is 101 Å². The van der Waals surface area contributed by atoms with Crippen molar-refractivity contribution < 1.29 is 49.0 Å². The predicted octanol–water partition coefficient (Wildman–Crippen LogP) is 0.188. The van der Waals surface area contributed by atoms with E-state index in [9.17, 15) is 30.0 Å². The Morgan fingerprint density at radius 3 is 1.39 bits per heavy atom. The number of amides is 2. The lowest BCUT2D eigenvalue weighted by atomic mass is 10.00. The van der Waals surface area contributed by atoms with Gasteiger partial charge in [0, 0.05) is 0 Å². The highest BCUT2D eigenvalue weighted by atomic mass is 16.5. The van der Waals surface area contributed by atoms with E-state index in [4.69, 9.17) is 18.9 Å². The summed E-state index contributed by atoms with van der Waals surface area (Å²) in [5.41, 5.74) is 1.46. The molecule has 3 unspecified atom stereocenters. The molecule has 2 heterocycles. The second-order valence-electron chi connectivity index (χ2n) is 11.5. The normalized spacial score (nSPS) is 25.9. The van der Waals surface area contributed by atoms with Crippen LogP contribution in [0.25, 0.3) is 0 Å². The largest absolute Gasteiger partial charge is 0.391 e. The van der Waals surface area contributed by atoms with Crippen LogP contribution >= 0.6 is 0 Å². The van der Waals surface area contributed by atoms with Gasteiger partial charge in [-0.1, -0.05) is 60.7 Å². The first kappa shape index (κ1) is 33.9. The molecule has 0 aliphatic carbocycles. The van der Waals surface area contributed by atoms with E-state index in [1.54, 1.807) is 62.4 Å². The number of hydrogen-bond acceptors (Lipinski definition) is 10. The van der Waals surface area contributed by atoms with Crippen LogP contribution in [-0.2, 0) is 41.8 Å². The number of aliphatic hydroxyl groups is 4. The molecule has 12 heteroatoms. The van der Waals surface area contributed by atoms with E-state index in [0.29, 0.717) is 12.8 Å². The molecule has 4 rings (SSSR count). The third-order valence-corrected chi connectivity index (χ3v) is 7.86. The molecule has 0 radical (unpaired) electrons. The molecule has 44 heavy (non-hydrogen) atoms. The lowest BCUT2D eigenvalue weighted by Gasteiger charge is -2.31. The molecule has 2 aliphatic heterocycles. The average molecular weight is 617 g/mol. The van der Waals surface area contributed by atoms with Crippen molar-refractivity contribution in [1.29, 1.82) is 0 Å². The summed E-state index contributed by atoms with van der Waals surface area (Å²) in [6.45, 7) is 3.42. The molecule has 2 aromatic carbocycles. The van der Waals surface area contributed by atoms with Crippen LogP contribution < -0.4 is 10.6 Å². The quantitative estimate of drug-likeness (QED) is 0.162. The lowest BCUT2D eigenvalue weighted by molar-refractivity contribution is -0.171. The van der Waals surface area contributed by atoms with Gasteiger partial charge < -0.3 is 50.0 Å². The number of ether oxygens (including phenoxy) is 4. The van der Waals surface area contributed by atoms with Crippen LogP contribution in [0.5, 0.6) is 0 Å². The molecule has 2 fully saturated rings. The predicted molar refractivity (Wildman–Crippen MR) is 158 cm³/mol. The molecule has 0 saturated carbocycles. The van der Waals surface area contributed by atoms with Gasteiger partial charge in [-0.25, -0.2) is 0 Å². The Hall–Kier alpha value is -2.94. The molecule has 242 valence electrons. The van der Waals surface area contributed by atoms with E-state index in [2.05, 4.69) is 10.6 Å². The van der Waals surface area contributed by atoms with Gasteiger partial charge in [0.25, 0.3) is 11.8 Å². The second kappa shape index (κ2) is 16.4. The average Bonchev–Trinajstić information content (AvgIpc) is 3.68. The van der Waals surface area contributed by atoms with Crippen molar-refractivity contribution >= 4 is 11.8 Å². The molecule has 2 aromatic rings. The first-order valence-corrected chi connectivity index (χ1v) is 15.0. The summed E-state index contributed by atoms with van der Waals surface area (Å²) in [5.74, 6) is -1.42. The molecule has 6 N–H and O–H groups in total. The maximum absolute atomic E-state index is 13.5. The fraction of sp³-hybridized carbons (Fsp3) is 0.562. The van der Waals surface area contributed by atoms with Crippen LogP contribution in [0.2, 0.25) is 0 Å². The Kier molecular flexibility index (Phi) is 12.6. The number of hydrogen-bond donors (Lipinski definition) is 6. The zero-order chi connectivity index (χ0) is 31.6. The van der Waals surface area contributed by atoms with Crippen molar-refractivity contribution in [2.75, 3.05) is 13.2 Å². The highest BCUT2D eigenvalue weighted by molar-refractivity contribution is 5.84. The number of benzene rings is 2. The summed E-state index contributed by atoms with van der Waals surface area (Å²) in [6, 6.07) is 17.1. The summed E-state index contributed by atoms with van der Waals surface area (Å²) in [7, 11) is 0. The molecule has 0 spiro atoms. The van der Waals surface area contributed by atoms with Crippen molar-refractivity contribution in [3.05, 3.63) is 71.8 Å². The molecule has 10 atom stereocenters. The van der Waals surface area contributed by atoms with Crippen LogP contribution in [0, 0.1) is 0 Å². The monoisotopic (exact) mass is 616 g/mol. The van der Waals surface area contributed by atoms with E-state index in [-0.39, 0.29) is 26.4 Å². The summed E-state index contributed by atoms with van der Waals surface area (Å²) in [6.07, 6.45) is -8.55. The molecule has 2 amide bonds. The summed E-state index contributed by atoms with van der Waals surface area (Å²) in [4.78, 5) is 27.0. The van der Waals surface area contributed by atoms with Crippen molar-refractivity contribution in [3.63, 3.8) is 0 Å². The van der Waals surface area contributed by atoms with E-state index in [1.165, 1.54) is 0 Å². The summed E-state index contributed by atoms with van der Waals surface area (Å²) >= 11 is 0. The molecule has 0 bridgehead atoms. The van der Waals surface area contributed by atoms with Gasteiger partial charge >= 0.3 is 0 Å². The molecule has 2 aliphatic rings. The molecular weight excluding hydrogens is 572 g/mol. The minimum absolute atomic E-state index is 0.0535. The van der Waals surface area contributed by atoms with E-state index in [1.807, 2.05) is 12.1 Å². The fourth-order valence-corrected chi connectivity index (χ4v) is 5.29. The second-order valence-corrected chi connectivity index (χ2v) is 11.5. The number of carbonyl (C=O) groups excluding carboxylic acids is 2. The minimum atomic E-state index is -1.87. The minimum Gasteiger partial charge on any atom is -0.391 e. The Morgan fingerprint density at radius 1 is 0.705 bits per heavy atom. The molecule has 2 saturated heterocycles. The van der Waals surface area contributed by atoms with Crippen molar-refractivity contribution in [2.24, 2.45) is 0 Å². The standard InChI is InChI=1S/C32H44N2O10/c1-19(35)25-13-23(17-41-25)33-31(39)29(43-15-21-9-5-3-6-10-21)27(37)28(38)30(44-16-22-11-7-4-8-12-22)32(40)34-24-14-26(20(2)36)42-18-24/h3-12,19-20,23-30,35-38H,13-18H2,1-2H3,(H,33,39)(H,34,40)/t19?,20?,23-,24?,25-,26-,27+,28+,29+,30+/m0/s1. The highest BCUT2D eigenvalue weighted by Gasteiger charge is 2.43. The first-order valence-electron chi connectivity index (χ1n) is 15.0. The van der Waals surface area contributed by atoms with Gasteiger partial charge in [0.1, 0.15) is 12.2 Å². The van der Waals surface area contributed by atoms with Gasteiger partial charge in [-0.05, 0) is 37.8 Å². The Morgan fingerprint density at radius 2 is 1.07 bits per heavy atom. The fourth-order valence-electron chi connectivity index (χ4n) is 5.29. The topological polar surface area (TPSA) is 176 Å². The third-order valence-electron chi connectivity index (χ3n) is 7.86. The number of rotatable bonds is 15. The summed E-state index contributed by atoms with van der Waals surface area (Å²) < 4.78 is 22.9. The number of nitrogens with one attached hydrogen (secondary N) is 2. The Balaban J connectivity index is 1.50. The van der Waals surface area contributed by atoms with Crippen LogP contribution in [0.15, 0.2) is 60.7 Å². The highest BCUT2D eigenvalue weighted by Crippen LogP contribution is 2.21. The van der Waals surface area contributed by atoms with Crippen molar-refractivity contribution in [3.8, 4) is 0 Å². The van der Waals surface area contributed by atoms with E-state index in [0.717, 1.165) is 11.1 Å². The zero-order valence-corrected chi connectivity index (χ0v) is 25.0. The molecule has 12 nitrogen and oxygen atoms in total. The first-order chi connectivity index (χ1) is 21.1. The number of carbonyl (C=O) groups is 2. The van der Waals surface area contributed by atoms with E-state index >= 15 is 0 Å². The lowest BCUT2D eigenvalue weighted by Crippen LogP contribution is -2.57. The molecule has 0 aromatic heterocycles. The third kappa shape index (κ3) is 9.53. The van der Waals surface area contributed by atoms with Gasteiger partial charge in [-0.3, -0.25) is 9.59 Å². The molecular formula is C32H44N2O10.